The Labute approximate surface area is 160 Å². The summed E-state index contributed by atoms with van der Waals surface area (Å²) in [6.45, 7) is 4.23. The van der Waals surface area contributed by atoms with Gasteiger partial charge in [-0.2, -0.15) is 0 Å². The van der Waals surface area contributed by atoms with Gasteiger partial charge < -0.3 is 9.47 Å². The van der Waals surface area contributed by atoms with Gasteiger partial charge in [-0.25, -0.2) is 0 Å². The van der Waals surface area contributed by atoms with E-state index < -0.39 is 5.41 Å². The molecule has 4 heteroatoms. The molecule has 0 N–H and O–H groups in total. The lowest BCUT2D eigenvalue weighted by molar-refractivity contribution is -0.149. The second-order valence-corrected chi connectivity index (χ2v) is 6.99. The maximum Gasteiger partial charge on any atom is 0.305 e. The molecule has 0 saturated carbocycles. The molecule has 0 spiro atoms. The van der Waals surface area contributed by atoms with E-state index in [4.69, 9.17) is 9.47 Å². The van der Waals surface area contributed by atoms with Crippen LogP contribution in [0.25, 0.3) is 11.1 Å². The molecule has 0 aromatic heterocycles. The predicted molar refractivity (Wildman–Crippen MR) is 104 cm³/mol. The zero-order valence-electron chi connectivity index (χ0n) is 16.0. The lowest BCUT2D eigenvalue weighted by Gasteiger charge is -2.31. The van der Waals surface area contributed by atoms with Crippen LogP contribution >= 0.6 is 0 Å². The number of carbonyl (C=O) groups is 2. The number of ether oxygens (including phenoxy) is 2. The molecule has 0 bridgehead atoms. The third kappa shape index (κ3) is 3.75. The van der Waals surface area contributed by atoms with Gasteiger partial charge in [0.1, 0.15) is 13.2 Å². The first-order valence-corrected chi connectivity index (χ1v) is 9.63. The quantitative estimate of drug-likeness (QED) is 0.639. The fourth-order valence-corrected chi connectivity index (χ4v) is 3.73. The van der Waals surface area contributed by atoms with Gasteiger partial charge in [0, 0.05) is 12.8 Å². The molecule has 0 aliphatic heterocycles. The van der Waals surface area contributed by atoms with Gasteiger partial charge in [0.25, 0.3) is 0 Å². The topological polar surface area (TPSA) is 52.6 Å². The van der Waals surface area contributed by atoms with E-state index in [-0.39, 0.29) is 25.2 Å². The standard InChI is InChI=1S/C23H26O4/c1-3-9-21(24)26-15-23(16-27-22(25)10-4-2)19-13-7-5-11-17(19)18-12-6-8-14-20(18)23/h5-8,11-14H,3-4,9-10,15-16H2,1-2H3. The fraction of sp³-hybridized carbons (Fsp3) is 0.391. The first kappa shape index (κ1) is 19.2. The molecule has 1 aliphatic rings. The number of carbonyl (C=O) groups excluding carboxylic acids is 2. The van der Waals surface area contributed by atoms with Crippen LogP contribution in [-0.4, -0.2) is 25.2 Å². The zero-order chi connectivity index (χ0) is 19.3. The molecule has 4 nitrogen and oxygen atoms in total. The molecule has 2 aromatic carbocycles. The first-order chi connectivity index (χ1) is 13.1. The summed E-state index contributed by atoms with van der Waals surface area (Å²) >= 11 is 0. The molecule has 2 aromatic rings. The maximum atomic E-state index is 12.1. The summed E-state index contributed by atoms with van der Waals surface area (Å²) < 4.78 is 11.3. The maximum absolute atomic E-state index is 12.1. The van der Waals surface area contributed by atoms with Crippen LogP contribution in [-0.2, 0) is 24.5 Å². The first-order valence-electron chi connectivity index (χ1n) is 9.63. The van der Waals surface area contributed by atoms with E-state index in [1.165, 1.54) is 0 Å². The lowest BCUT2D eigenvalue weighted by atomic mass is 9.79. The van der Waals surface area contributed by atoms with Crippen molar-refractivity contribution < 1.29 is 19.1 Å². The molecular weight excluding hydrogens is 340 g/mol. The van der Waals surface area contributed by atoms with E-state index >= 15 is 0 Å². The van der Waals surface area contributed by atoms with Gasteiger partial charge in [0.15, 0.2) is 0 Å². The molecule has 0 fully saturated rings. The molecule has 0 atom stereocenters. The number of hydrogen-bond acceptors (Lipinski definition) is 4. The second-order valence-electron chi connectivity index (χ2n) is 6.99. The van der Waals surface area contributed by atoms with Crippen molar-refractivity contribution in [3.63, 3.8) is 0 Å². The van der Waals surface area contributed by atoms with Crippen LogP contribution in [0.3, 0.4) is 0 Å². The minimum absolute atomic E-state index is 0.166. The molecule has 0 radical (unpaired) electrons. The summed E-state index contributed by atoms with van der Waals surface area (Å²) in [4.78, 5) is 24.2. The normalized spacial score (nSPS) is 13.6. The Morgan fingerprint density at radius 2 is 1.15 bits per heavy atom. The summed E-state index contributed by atoms with van der Waals surface area (Å²) in [5.74, 6) is -0.447. The Kier molecular flexibility index (Phi) is 5.94. The molecule has 142 valence electrons. The number of rotatable bonds is 8. The van der Waals surface area contributed by atoms with Crippen LogP contribution in [0.2, 0.25) is 0 Å². The van der Waals surface area contributed by atoms with E-state index in [1.54, 1.807) is 0 Å². The summed E-state index contributed by atoms with van der Waals surface area (Å²) in [5, 5.41) is 0. The number of benzene rings is 2. The molecule has 1 aliphatic carbocycles. The van der Waals surface area contributed by atoms with Crippen LogP contribution < -0.4 is 0 Å². The minimum Gasteiger partial charge on any atom is -0.464 e. The highest BCUT2D eigenvalue weighted by molar-refractivity contribution is 5.82. The summed E-state index contributed by atoms with van der Waals surface area (Å²) in [7, 11) is 0. The van der Waals surface area contributed by atoms with Crippen LogP contribution in [0, 0.1) is 0 Å². The van der Waals surface area contributed by atoms with E-state index in [9.17, 15) is 9.59 Å². The molecule has 0 unspecified atom stereocenters. The Morgan fingerprint density at radius 1 is 0.741 bits per heavy atom. The van der Waals surface area contributed by atoms with Gasteiger partial charge in [-0.05, 0) is 35.1 Å². The van der Waals surface area contributed by atoms with Gasteiger partial charge in [0.2, 0.25) is 0 Å². The van der Waals surface area contributed by atoms with Gasteiger partial charge in [-0.3, -0.25) is 9.59 Å². The van der Waals surface area contributed by atoms with Gasteiger partial charge in [-0.1, -0.05) is 62.4 Å². The molecule has 3 rings (SSSR count). The van der Waals surface area contributed by atoms with Crippen molar-refractivity contribution in [2.24, 2.45) is 0 Å². The van der Waals surface area contributed by atoms with Crippen LogP contribution in [0.1, 0.15) is 50.7 Å². The van der Waals surface area contributed by atoms with Crippen molar-refractivity contribution >= 4 is 11.9 Å². The molecule has 0 heterocycles. The average molecular weight is 366 g/mol. The third-order valence-corrected chi connectivity index (χ3v) is 5.04. The Morgan fingerprint density at radius 3 is 1.56 bits per heavy atom. The summed E-state index contributed by atoms with van der Waals surface area (Å²) in [6.07, 6.45) is 2.25. The smallest absolute Gasteiger partial charge is 0.305 e. The number of fused-ring (bicyclic) bond motifs is 3. The van der Waals surface area contributed by atoms with Gasteiger partial charge in [-0.15, -0.1) is 0 Å². The SMILES string of the molecule is CCCC(=O)OCC1(COC(=O)CCC)c2ccccc2-c2ccccc21. The highest BCUT2D eigenvalue weighted by Gasteiger charge is 2.45. The molecule has 0 saturated heterocycles. The summed E-state index contributed by atoms with van der Waals surface area (Å²) in [5.41, 5.74) is 3.62. The fourth-order valence-electron chi connectivity index (χ4n) is 3.73. The van der Waals surface area contributed by atoms with E-state index in [0.29, 0.717) is 12.8 Å². The number of esters is 2. The lowest BCUT2D eigenvalue weighted by Crippen LogP contribution is -2.38. The molecule has 0 amide bonds. The highest BCUT2D eigenvalue weighted by atomic mass is 16.5. The van der Waals surface area contributed by atoms with Gasteiger partial charge >= 0.3 is 11.9 Å². The molecule has 27 heavy (non-hydrogen) atoms. The number of hydrogen-bond donors (Lipinski definition) is 0. The largest absolute Gasteiger partial charge is 0.464 e. The van der Waals surface area contributed by atoms with E-state index in [1.807, 2.05) is 50.2 Å². The van der Waals surface area contributed by atoms with Gasteiger partial charge in [0.05, 0.1) is 5.41 Å². The summed E-state index contributed by atoms with van der Waals surface area (Å²) in [6, 6.07) is 16.2. The van der Waals surface area contributed by atoms with Crippen molar-refractivity contribution in [2.75, 3.05) is 13.2 Å². The predicted octanol–water partition coefficient (Wildman–Crippen LogP) is 4.64. The van der Waals surface area contributed by atoms with Crippen LogP contribution in [0.5, 0.6) is 0 Å². The monoisotopic (exact) mass is 366 g/mol. The van der Waals surface area contributed by atoms with Crippen LogP contribution in [0.4, 0.5) is 0 Å². The Hall–Kier alpha value is -2.62. The average Bonchev–Trinajstić information content (AvgIpc) is 2.96. The van der Waals surface area contributed by atoms with E-state index in [2.05, 4.69) is 12.1 Å². The molecular formula is C23H26O4. The second kappa shape index (κ2) is 8.38. The minimum atomic E-state index is -0.667. The Bertz CT molecular complexity index is 755. The van der Waals surface area contributed by atoms with Crippen LogP contribution in [0.15, 0.2) is 48.5 Å². The van der Waals surface area contributed by atoms with Crippen molar-refractivity contribution in [1.82, 2.24) is 0 Å². The van der Waals surface area contributed by atoms with Crippen molar-refractivity contribution in [3.05, 3.63) is 59.7 Å². The zero-order valence-corrected chi connectivity index (χ0v) is 16.0. The third-order valence-electron chi connectivity index (χ3n) is 5.04. The highest BCUT2D eigenvalue weighted by Crippen LogP contribution is 2.49. The van der Waals surface area contributed by atoms with Crippen molar-refractivity contribution in [1.29, 1.82) is 0 Å². The van der Waals surface area contributed by atoms with E-state index in [0.717, 1.165) is 35.1 Å². The Balaban J connectivity index is 2.00. The van der Waals surface area contributed by atoms with Crippen molar-refractivity contribution in [2.45, 2.75) is 44.9 Å². The van der Waals surface area contributed by atoms with Crippen molar-refractivity contribution in [3.8, 4) is 11.1 Å².